The zero-order chi connectivity index (χ0) is 11.9. The summed E-state index contributed by atoms with van der Waals surface area (Å²) in [5.41, 5.74) is 0. The Balaban J connectivity index is 1.59. The van der Waals surface area contributed by atoms with E-state index in [2.05, 4.69) is 24.0 Å². The van der Waals surface area contributed by atoms with Gasteiger partial charge in [0, 0.05) is 18.4 Å². The molecule has 2 aliphatic heterocycles. The molecule has 1 N–H and O–H groups in total. The second-order valence-corrected chi connectivity index (χ2v) is 6.50. The Bertz CT molecular complexity index is 206. The average molecular weight is 257 g/mol. The summed E-state index contributed by atoms with van der Waals surface area (Å²) in [5.74, 6) is 3.60. The van der Waals surface area contributed by atoms with Crippen molar-refractivity contribution < 1.29 is 4.74 Å². The SMILES string of the molecule is CCCNC1CSCC1CCCC1CCCO1. The Kier molecular flexibility index (Phi) is 6.16. The van der Waals surface area contributed by atoms with Crippen LogP contribution in [0, 0.1) is 5.92 Å². The molecule has 0 aromatic heterocycles. The summed E-state index contributed by atoms with van der Waals surface area (Å²) >= 11 is 2.13. The molecule has 0 amide bonds. The van der Waals surface area contributed by atoms with Crippen molar-refractivity contribution in [3.63, 3.8) is 0 Å². The van der Waals surface area contributed by atoms with Crippen molar-refractivity contribution in [2.75, 3.05) is 24.7 Å². The molecule has 2 heterocycles. The van der Waals surface area contributed by atoms with Crippen molar-refractivity contribution in [2.24, 2.45) is 5.92 Å². The number of ether oxygens (including phenoxy) is 1. The van der Waals surface area contributed by atoms with Gasteiger partial charge in [0.2, 0.25) is 0 Å². The Hall–Kier alpha value is 0.270. The molecule has 17 heavy (non-hydrogen) atoms. The second-order valence-electron chi connectivity index (χ2n) is 5.42. The molecule has 3 atom stereocenters. The van der Waals surface area contributed by atoms with E-state index in [1.165, 1.54) is 56.6 Å². The van der Waals surface area contributed by atoms with E-state index in [0.29, 0.717) is 6.10 Å². The number of nitrogens with one attached hydrogen (secondary N) is 1. The summed E-state index contributed by atoms with van der Waals surface area (Å²) in [5, 5.41) is 3.71. The topological polar surface area (TPSA) is 21.3 Å². The van der Waals surface area contributed by atoms with Crippen molar-refractivity contribution in [1.29, 1.82) is 0 Å². The number of thioether (sulfide) groups is 1. The predicted octanol–water partition coefficient (Wildman–Crippen LogP) is 3.07. The Morgan fingerprint density at radius 1 is 1.29 bits per heavy atom. The number of hydrogen-bond donors (Lipinski definition) is 1. The molecule has 3 unspecified atom stereocenters. The largest absolute Gasteiger partial charge is 0.378 e. The molecule has 0 aromatic rings. The third kappa shape index (κ3) is 4.46. The summed E-state index contributed by atoms with van der Waals surface area (Å²) < 4.78 is 5.69. The van der Waals surface area contributed by atoms with E-state index in [4.69, 9.17) is 4.74 Å². The van der Waals surface area contributed by atoms with Crippen LogP contribution in [0.25, 0.3) is 0 Å². The first-order chi connectivity index (χ1) is 8.40. The molecule has 0 bridgehead atoms. The normalized spacial score (nSPS) is 33.4. The van der Waals surface area contributed by atoms with E-state index >= 15 is 0 Å². The maximum Gasteiger partial charge on any atom is 0.0576 e. The van der Waals surface area contributed by atoms with Gasteiger partial charge in [0.1, 0.15) is 0 Å². The summed E-state index contributed by atoms with van der Waals surface area (Å²) in [4.78, 5) is 0. The molecular formula is C14H27NOS. The van der Waals surface area contributed by atoms with Gasteiger partial charge < -0.3 is 10.1 Å². The van der Waals surface area contributed by atoms with Gasteiger partial charge >= 0.3 is 0 Å². The maximum absolute atomic E-state index is 5.69. The van der Waals surface area contributed by atoms with Gasteiger partial charge in [-0.25, -0.2) is 0 Å². The van der Waals surface area contributed by atoms with Gasteiger partial charge in [-0.05, 0) is 50.3 Å². The molecule has 0 aromatic carbocycles. The fourth-order valence-corrected chi connectivity index (χ4v) is 4.40. The minimum atomic E-state index is 0.589. The minimum Gasteiger partial charge on any atom is -0.378 e. The van der Waals surface area contributed by atoms with E-state index in [1.54, 1.807) is 0 Å². The lowest BCUT2D eigenvalue weighted by Gasteiger charge is -2.20. The third-order valence-electron chi connectivity index (χ3n) is 3.98. The maximum atomic E-state index is 5.69. The second kappa shape index (κ2) is 7.65. The molecule has 0 radical (unpaired) electrons. The quantitative estimate of drug-likeness (QED) is 0.757. The molecule has 2 nitrogen and oxygen atoms in total. The monoisotopic (exact) mass is 257 g/mol. The van der Waals surface area contributed by atoms with Crippen LogP contribution in [0.1, 0.15) is 45.4 Å². The molecule has 0 spiro atoms. The highest BCUT2D eigenvalue weighted by molar-refractivity contribution is 7.99. The van der Waals surface area contributed by atoms with E-state index in [9.17, 15) is 0 Å². The molecule has 100 valence electrons. The highest BCUT2D eigenvalue weighted by Crippen LogP contribution is 2.29. The first-order valence-electron chi connectivity index (χ1n) is 7.33. The summed E-state index contributed by atoms with van der Waals surface area (Å²) in [6, 6.07) is 0.782. The molecule has 3 heteroatoms. The number of rotatable bonds is 7. The van der Waals surface area contributed by atoms with Gasteiger partial charge in [-0.3, -0.25) is 0 Å². The van der Waals surface area contributed by atoms with Crippen LogP contribution in [0.3, 0.4) is 0 Å². The first-order valence-corrected chi connectivity index (χ1v) is 8.48. The van der Waals surface area contributed by atoms with Crippen molar-refractivity contribution >= 4 is 11.8 Å². The third-order valence-corrected chi connectivity index (χ3v) is 5.24. The fourth-order valence-electron chi connectivity index (χ4n) is 2.92. The molecule has 2 aliphatic rings. The van der Waals surface area contributed by atoms with Crippen LogP contribution in [0.15, 0.2) is 0 Å². The zero-order valence-electron chi connectivity index (χ0n) is 11.1. The van der Waals surface area contributed by atoms with E-state index in [-0.39, 0.29) is 0 Å². The van der Waals surface area contributed by atoms with Gasteiger partial charge in [-0.15, -0.1) is 0 Å². The fraction of sp³-hybridized carbons (Fsp3) is 1.00. The highest BCUT2D eigenvalue weighted by Gasteiger charge is 2.27. The number of hydrogen-bond acceptors (Lipinski definition) is 3. The van der Waals surface area contributed by atoms with Crippen LogP contribution in [0.2, 0.25) is 0 Å². The van der Waals surface area contributed by atoms with Gasteiger partial charge in [-0.1, -0.05) is 13.3 Å². The smallest absolute Gasteiger partial charge is 0.0576 e. The summed E-state index contributed by atoms with van der Waals surface area (Å²) in [6.45, 7) is 4.44. The lowest BCUT2D eigenvalue weighted by Crippen LogP contribution is -2.35. The molecular weight excluding hydrogens is 230 g/mol. The van der Waals surface area contributed by atoms with Crippen molar-refractivity contribution in [1.82, 2.24) is 5.32 Å². The summed E-state index contributed by atoms with van der Waals surface area (Å²) in [7, 11) is 0. The highest BCUT2D eigenvalue weighted by atomic mass is 32.2. The van der Waals surface area contributed by atoms with Crippen LogP contribution in [-0.4, -0.2) is 36.8 Å². The predicted molar refractivity (Wildman–Crippen MR) is 75.7 cm³/mol. The standard InChI is InChI=1S/C14H27NOS/c1-2-8-15-14-11-17-10-12(14)5-3-6-13-7-4-9-16-13/h12-15H,2-11H2,1H3. The molecule has 2 saturated heterocycles. The van der Waals surface area contributed by atoms with Gasteiger partial charge in [-0.2, -0.15) is 11.8 Å². The Morgan fingerprint density at radius 3 is 3.00 bits per heavy atom. The molecule has 2 fully saturated rings. The van der Waals surface area contributed by atoms with E-state index in [1.807, 2.05) is 0 Å². The van der Waals surface area contributed by atoms with Gasteiger partial charge in [0.25, 0.3) is 0 Å². The van der Waals surface area contributed by atoms with Crippen LogP contribution in [-0.2, 0) is 4.74 Å². The van der Waals surface area contributed by atoms with E-state index in [0.717, 1.165) is 18.6 Å². The van der Waals surface area contributed by atoms with Crippen LogP contribution in [0.5, 0.6) is 0 Å². The minimum absolute atomic E-state index is 0.589. The summed E-state index contributed by atoms with van der Waals surface area (Å²) in [6.07, 6.45) is 8.48. The van der Waals surface area contributed by atoms with E-state index < -0.39 is 0 Å². The Labute approximate surface area is 110 Å². The van der Waals surface area contributed by atoms with Crippen LogP contribution in [0.4, 0.5) is 0 Å². The molecule has 0 aliphatic carbocycles. The average Bonchev–Trinajstić information content (AvgIpc) is 2.98. The Morgan fingerprint density at radius 2 is 2.24 bits per heavy atom. The van der Waals surface area contributed by atoms with Crippen molar-refractivity contribution in [3.05, 3.63) is 0 Å². The van der Waals surface area contributed by atoms with Crippen LogP contribution >= 0.6 is 11.8 Å². The van der Waals surface area contributed by atoms with Gasteiger partial charge in [0.15, 0.2) is 0 Å². The van der Waals surface area contributed by atoms with Crippen LogP contribution < -0.4 is 5.32 Å². The van der Waals surface area contributed by atoms with Gasteiger partial charge in [0.05, 0.1) is 6.10 Å². The first kappa shape index (κ1) is 13.7. The zero-order valence-corrected chi connectivity index (χ0v) is 11.9. The lowest BCUT2D eigenvalue weighted by atomic mass is 9.95. The molecule has 2 rings (SSSR count). The lowest BCUT2D eigenvalue weighted by molar-refractivity contribution is 0.101. The van der Waals surface area contributed by atoms with Crippen molar-refractivity contribution in [2.45, 2.75) is 57.6 Å². The molecule has 0 saturated carbocycles. The van der Waals surface area contributed by atoms with Crippen molar-refractivity contribution in [3.8, 4) is 0 Å².